The summed E-state index contributed by atoms with van der Waals surface area (Å²) in [4.78, 5) is 8.60. The minimum atomic E-state index is 0.147. The molecular formula is C20H22ClN3O3. The maximum Gasteiger partial charge on any atom is 0.224 e. The second-order valence-electron chi connectivity index (χ2n) is 6.42. The molecule has 2 aromatic carbocycles. The molecule has 1 N–H and O–H groups in total. The molecule has 0 radical (unpaired) electrons. The zero-order valence-electron chi connectivity index (χ0n) is 15.7. The Bertz CT molecular complexity index is 930. The van der Waals surface area contributed by atoms with Crippen LogP contribution < -0.4 is 19.5 Å². The summed E-state index contributed by atoms with van der Waals surface area (Å²) in [6, 6.07) is 11.3. The van der Waals surface area contributed by atoms with Crippen molar-refractivity contribution in [3.8, 4) is 17.2 Å². The molecule has 27 heavy (non-hydrogen) atoms. The fraction of sp³-hybridized carbons (Fsp3) is 0.300. The van der Waals surface area contributed by atoms with Gasteiger partial charge in [-0.05, 0) is 47.9 Å². The van der Waals surface area contributed by atoms with Gasteiger partial charge in [0.2, 0.25) is 5.28 Å². The Kier molecular flexibility index (Phi) is 5.86. The van der Waals surface area contributed by atoms with Gasteiger partial charge in [-0.3, -0.25) is 0 Å². The number of fused-ring (bicyclic) bond motifs is 1. The molecule has 142 valence electrons. The lowest BCUT2D eigenvalue weighted by Crippen LogP contribution is -2.04. The number of methoxy groups -OCH3 is 2. The molecule has 0 atom stereocenters. The van der Waals surface area contributed by atoms with Gasteiger partial charge in [0.25, 0.3) is 0 Å². The summed E-state index contributed by atoms with van der Waals surface area (Å²) in [5.41, 5.74) is 1.52. The maximum absolute atomic E-state index is 6.10. The molecule has 0 amide bonds. The summed E-state index contributed by atoms with van der Waals surface area (Å²) < 4.78 is 16.4. The molecule has 6 nitrogen and oxygen atoms in total. The average molecular weight is 388 g/mol. The highest BCUT2D eigenvalue weighted by Gasteiger charge is 2.13. The largest absolute Gasteiger partial charge is 0.493 e. The fourth-order valence-corrected chi connectivity index (χ4v) is 2.73. The molecule has 3 rings (SSSR count). The van der Waals surface area contributed by atoms with E-state index in [1.165, 1.54) is 0 Å². The number of ether oxygens (including phenoxy) is 3. The molecule has 0 bridgehead atoms. The molecule has 0 unspecified atom stereocenters. The predicted octanol–water partition coefficient (Wildman–Crippen LogP) is 5.08. The Balaban J connectivity index is 1.92. The van der Waals surface area contributed by atoms with E-state index >= 15 is 0 Å². The molecule has 0 saturated carbocycles. The predicted molar refractivity (Wildman–Crippen MR) is 108 cm³/mol. The molecule has 0 aliphatic rings. The van der Waals surface area contributed by atoms with E-state index in [-0.39, 0.29) is 5.28 Å². The number of halogens is 1. The molecule has 0 spiro atoms. The van der Waals surface area contributed by atoms with Crippen molar-refractivity contribution in [2.75, 3.05) is 26.1 Å². The van der Waals surface area contributed by atoms with E-state index in [0.29, 0.717) is 35.4 Å². The van der Waals surface area contributed by atoms with Crippen molar-refractivity contribution < 1.29 is 14.2 Å². The quantitative estimate of drug-likeness (QED) is 0.570. The Morgan fingerprint density at radius 2 is 1.67 bits per heavy atom. The second-order valence-corrected chi connectivity index (χ2v) is 6.76. The van der Waals surface area contributed by atoms with E-state index in [1.807, 2.05) is 30.3 Å². The Hall–Kier alpha value is -2.73. The fourth-order valence-electron chi connectivity index (χ4n) is 2.56. The third-order valence-corrected chi connectivity index (χ3v) is 4.04. The van der Waals surface area contributed by atoms with E-state index in [9.17, 15) is 0 Å². The second kappa shape index (κ2) is 8.31. The van der Waals surface area contributed by atoms with Crippen LogP contribution in [0.4, 0.5) is 11.5 Å². The topological polar surface area (TPSA) is 65.5 Å². The first-order valence-corrected chi connectivity index (χ1v) is 8.97. The number of hydrogen-bond donors (Lipinski definition) is 1. The Morgan fingerprint density at radius 1 is 1.00 bits per heavy atom. The van der Waals surface area contributed by atoms with Crippen molar-refractivity contribution in [1.82, 2.24) is 9.97 Å². The van der Waals surface area contributed by atoms with Crippen LogP contribution in [0.2, 0.25) is 5.28 Å². The van der Waals surface area contributed by atoms with Gasteiger partial charge in [0, 0.05) is 17.1 Å². The van der Waals surface area contributed by atoms with Gasteiger partial charge in [-0.2, -0.15) is 4.98 Å². The van der Waals surface area contributed by atoms with E-state index in [0.717, 1.165) is 16.8 Å². The van der Waals surface area contributed by atoms with Gasteiger partial charge < -0.3 is 19.5 Å². The van der Waals surface area contributed by atoms with Crippen molar-refractivity contribution in [3.05, 3.63) is 41.7 Å². The van der Waals surface area contributed by atoms with Crippen LogP contribution in [0.5, 0.6) is 17.2 Å². The highest BCUT2D eigenvalue weighted by molar-refractivity contribution is 6.28. The number of aromatic nitrogens is 2. The number of nitrogens with one attached hydrogen (secondary N) is 1. The van der Waals surface area contributed by atoms with Gasteiger partial charge in [0.05, 0.1) is 26.3 Å². The lowest BCUT2D eigenvalue weighted by molar-refractivity contribution is 0.271. The van der Waals surface area contributed by atoms with Gasteiger partial charge >= 0.3 is 0 Å². The van der Waals surface area contributed by atoms with Crippen LogP contribution in [0.15, 0.2) is 36.4 Å². The van der Waals surface area contributed by atoms with Gasteiger partial charge in [-0.25, -0.2) is 4.98 Å². The van der Waals surface area contributed by atoms with Crippen molar-refractivity contribution in [2.45, 2.75) is 13.8 Å². The molecule has 0 aliphatic heterocycles. The molecule has 0 fully saturated rings. The Morgan fingerprint density at radius 3 is 2.30 bits per heavy atom. The zero-order chi connectivity index (χ0) is 19.4. The Labute approximate surface area is 163 Å². The highest BCUT2D eigenvalue weighted by Crippen LogP contribution is 2.35. The number of benzene rings is 2. The molecule has 0 aliphatic carbocycles. The minimum absolute atomic E-state index is 0.147. The van der Waals surface area contributed by atoms with E-state index in [1.54, 1.807) is 20.3 Å². The monoisotopic (exact) mass is 387 g/mol. The molecule has 7 heteroatoms. The molecule has 3 aromatic rings. The van der Waals surface area contributed by atoms with Crippen molar-refractivity contribution in [3.63, 3.8) is 0 Å². The van der Waals surface area contributed by atoms with Crippen LogP contribution in [0.3, 0.4) is 0 Å². The number of anilines is 2. The highest BCUT2D eigenvalue weighted by atomic mass is 35.5. The SMILES string of the molecule is COc1cc2nc(Cl)nc(Nc3ccc(OCC(C)C)cc3)c2cc1OC. The van der Waals surface area contributed by atoms with Crippen molar-refractivity contribution in [2.24, 2.45) is 5.92 Å². The maximum atomic E-state index is 6.10. The number of nitrogens with zero attached hydrogens (tertiary/aromatic N) is 2. The van der Waals surface area contributed by atoms with Gasteiger partial charge in [-0.15, -0.1) is 0 Å². The normalized spacial score (nSPS) is 10.9. The molecule has 0 saturated heterocycles. The van der Waals surface area contributed by atoms with Crippen molar-refractivity contribution >= 4 is 34.0 Å². The van der Waals surface area contributed by atoms with Crippen LogP contribution in [-0.2, 0) is 0 Å². The van der Waals surface area contributed by atoms with Crippen LogP contribution in [0, 0.1) is 5.92 Å². The number of hydrogen-bond acceptors (Lipinski definition) is 6. The molecular weight excluding hydrogens is 366 g/mol. The van der Waals surface area contributed by atoms with Crippen LogP contribution >= 0.6 is 11.6 Å². The summed E-state index contributed by atoms with van der Waals surface area (Å²) in [6.07, 6.45) is 0. The van der Waals surface area contributed by atoms with E-state index in [2.05, 4.69) is 29.1 Å². The van der Waals surface area contributed by atoms with Gasteiger partial charge in [0.1, 0.15) is 11.6 Å². The van der Waals surface area contributed by atoms with E-state index < -0.39 is 0 Å². The smallest absolute Gasteiger partial charge is 0.224 e. The van der Waals surface area contributed by atoms with Crippen LogP contribution in [-0.4, -0.2) is 30.8 Å². The standard InChI is InChI=1S/C20H22ClN3O3/c1-12(2)11-27-14-7-5-13(6-8-14)22-19-15-9-17(25-3)18(26-4)10-16(15)23-20(21)24-19/h5-10,12H,11H2,1-4H3,(H,22,23,24). The third kappa shape index (κ3) is 4.52. The lowest BCUT2D eigenvalue weighted by Gasteiger charge is -2.13. The zero-order valence-corrected chi connectivity index (χ0v) is 16.5. The summed E-state index contributed by atoms with van der Waals surface area (Å²) >= 11 is 6.10. The molecule has 1 heterocycles. The first-order valence-electron chi connectivity index (χ1n) is 8.59. The van der Waals surface area contributed by atoms with Gasteiger partial charge in [-0.1, -0.05) is 13.8 Å². The molecule has 1 aromatic heterocycles. The number of rotatable bonds is 7. The first-order chi connectivity index (χ1) is 13.0. The van der Waals surface area contributed by atoms with E-state index in [4.69, 9.17) is 25.8 Å². The summed E-state index contributed by atoms with van der Waals surface area (Å²) in [5.74, 6) is 3.06. The lowest BCUT2D eigenvalue weighted by atomic mass is 10.2. The summed E-state index contributed by atoms with van der Waals surface area (Å²) in [6.45, 7) is 4.91. The van der Waals surface area contributed by atoms with Crippen LogP contribution in [0.25, 0.3) is 10.9 Å². The average Bonchev–Trinajstić information content (AvgIpc) is 2.66. The first kappa shape index (κ1) is 19.0. The summed E-state index contributed by atoms with van der Waals surface area (Å²) in [7, 11) is 3.16. The third-order valence-electron chi connectivity index (χ3n) is 3.87. The summed E-state index contributed by atoms with van der Waals surface area (Å²) in [5, 5.41) is 4.20. The van der Waals surface area contributed by atoms with Crippen molar-refractivity contribution in [1.29, 1.82) is 0 Å². The van der Waals surface area contributed by atoms with Gasteiger partial charge in [0.15, 0.2) is 11.5 Å². The minimum Gasteiger partial charge on any atom is -0.493 e. The van der Waals surface area contributed by atoms with Crippen LogP contribution in [0.1, 0.15) is 13.8 Å².